The highest BCUT2D eigenvalue weighted by atomic mass is 79.9. The van der Waals surface area contributed by atoms with E-state index in [9.17, 15) is 14.4 Å². The molecule has 0 bridgehead atoms. The van der Waals surface area contributed by atoms with Crippen LogP contribution in [0.25, 0.3) is 0 Å². The summed E-state index contributed by atoms with van der Waals surface area (Å²) < 4.78 is 2.02. The summed E-state index contributed by atoms with van der Waals surface area (Å²) in [6, 6.07) is 17.4. The standard InChI is InChI=1S/C27H32BrClN4O2.C25H31BrClN5O/c1-18(34)31-8-6-19(7-9-31)14-25(35)32-10-12-33(13-11-32)27-24-5-4-23(29)16-20(24)2-3-21-15-22(28)17-30-26(21)27;1-30-8-6-21(7-9-30)29-25(33)32-12-10-31(11-13-32)24-22-5-4-20(27)15-17(22)2-3-18-14-19(26)16-28-23(18)24/h4-5,15-17,19,27H,2-3,6-14H2,1H3;4-5,14-16,21,24H,2-3,6-13H2,1H3,(H,29,33). The van der Waals surface area contributed by atoms with Gasteiger partial charge in [0.2, 0.25) is 11.8 Å². The maximum absolute atomic E-state index is 13.1. The molecule has 2 aromatic heterocycles. The van der Waals surface area contributed by atoms with Gasteiger partial charge in [-0.2, -0.15) is 0 Å². The van der Waals surface area contributed by atoms with Crippen molar-refractivity contribution in [2.24, 2.45) is 5.92 Å². The van der Waals surface area contributed by atoms with Crippen molar-refractivity contribution in [3.63, 3.8) is 0 Å². The number of pyridine rings is 2. The molecule has 4 aromatic rings. The Morgan fingerprint density at radius 1 is 0.603 bits per heavy atom. The van der Waals surface area contributed by atoms with Crippen LogP contribution < -0.4 is 5.32 Å². The highest BCUT2D eigenvalue weighted by Crippen LogP contribution is 2.40. The Balaban J connectivity index is 0.000000170. The molecule has 362 valence electrons. The summed E-state index contributed by atoms with van der Waals surface area (Å²) in [5.41, 5.74) is 9.94. The lowest BCUT2D eigenvalue weighted by Crippen LogP contribution is -2.55. The van der Waals surface area contributed by atoms with E-state index in [0.29, 0.717) is 18.4 Å². The first-order valence-electron chi connectivity index (χ1n) is 24.5. The Labute approximate surface area is 428 Å². The van der Waals surface area contributed by atoms with Gasteiger partial charge in [-0.15, -0.1) is 0 Å². The van der Waals surface area contributed by atoms with Gasteiger partial charge >= 0.3 is 6.03 Å². The molecule has 12 nitrogen and oxygen atoms in total. The Hall–Kier alpha value is -3.63. The number of amides is 4. The molecule has 0 radical (unpaired) electrons. The number of hydrogen-bond donors (Lipinski definition) is 1. The van der Waals surface area contributed by atoms with E-state index in [1.54, 1.807) is 6.92 Å². The summed E-state index contributed by atoms with van der Waals surface area (Å²) in [7, 11) is 2.14. The zero-order chi connectivity index (χ0) is 47.5. The van der Waals surface area contributed by atoms with Crippen molar-refractivity contribution in [1.29, 1.82) is 0 Å². The van der Waals surface area contributed by atoms with E-state index in [1.165, 1.54) is 33.4 Å². The van der Waals surface area contributed by atoms with Crippen molar-refractivity contribution < 1.29 is 14.4 Å². The number of benzene rings is 2. The molecule has 1 N–H and O–H groups in total. The number of aryl methyl sites for hydroxylation is 4. The molecule has 4 fully saturated rings. The zero-order valence-corrected chi connectivity index (χ0v) is 43.9. The van der Waals surface area contributed by atoms with Gasteiger partial charge in [-0.25, -0.2) is 4.79 Å². The first-order chi connectivity index (χ1) is 32.9. The number of nitrogens with one attached hydrogen (secondary N) is 1. The quantitative estimate of drug-likeness (QED) is 0.212. The Bertz CT molecular complexity index is 2360. The third-order valence-electron chi connectivity index (χ3n) is 15.1. The third kappa shape index (κ3) is 11.6. The number of carbonyl (C=O) groups excluding carboxylic acids is 3. The first kappa shape index (κ1) is 49.4. The molecule has 6 aliphatic rings. The molecular formula is C52H63Br2Cl2N9O3. The number of halogens is 4. The Morgan fingerprint density at radius 2 is 1.07 bits per heavy atom. The van der Waals surface area contributed by atoms with Gasteiger partial charge in [-0.05, 0) is 179 Å². The van der Waals surface area contributed by atoms with Gasteiger partial charge in [-0.1, -0.05) is 35.3 Å². The monoisotopic (exact) mass is 1090 g/mol. The maximum atomic E-state index is 13.1. The SMILES string of the molecule is CC(=O)N1CCC(CC(=O)N2CCN(C3c4ccc(Cl)cc4CCc4cc(Br)cnc43)CC2)CC1.CN1CCC(NC(=O)N2CCN(C3c4ccc(Cl)cc4CCc4cc(Br)cnc43)CC2)CC1. The summed E-state index contributed by atoms with van der Waals surface area (Å²) in [5.74, 6) is 0.766. The van der Waals surface area contributed by atoms with E-state index < -0.39 is 0 Å². The molecule has 2 aromatic carbocycles. The van der Waals surface area contributed by atoms with Crippen molar-refractivity contribution in [2.75, 3.05) is 85.6 Å². The number of rotatable bonds is 5. The van der Waals surface area contributed by atoms with Crippen LogP contribution >= 0.6 is 55.1 Å². The number of urea groups is 1. The number of fused-ring (bicyclic) bond motifs is 4. The molecule has 2 unspecified atom stereocenters. The minimum Gasteiger partial charge on any atom is -0.343 e. The molecule has 2 atom stereocenters. The summed E-state index contributed by atoms with van der Waals surface area (Å²) >= 11 is 19.9. The lowest BCUT2D eigenvalue weighted by Gasteiger charge is -2.40. The average molecular weight is 1090 g/mol. The van der Waals surface area contributed by atoms with Crippen molar-refractivity contribution in [2.45, 2.75) is 82.8 Å². The second-order valence-electron chi connectivity index (χ2n) is 19.5. The van der Waals surface area contributed by atoms with Crippen molar-refractivity contribution in [3.8, 4) is 0 Å². The summed E-state index contributed by atoms with van der Waals surface area (Å²) in [5, 5.41) is 4.82. The molecule has 16 heteroatoms. The molecule has 4 saturated heterocycles. The lowest BCUT2D eigenvalue weighted by molar-refractivity contribution is -0.135. The predicted molar refractivity (Wildman–Crippen MR) is 275 cm³/mol. The lowest BCUT2D eigenvalue weighted by atomic mass is 9.92. The molecule has 2 aliphatic carbocycles. The number of carbonyl (C=O) groups is 3. The van der Waals surface area contributed by atoms with Gasteiger partial charge in [0, 0.05) is 116 Å². The first-order valence-corrected chi connectivity index (χ1v) is 26.8. The minimum atomic E-state index is 0.0704. The van der Waals surface area contributed by atoms with Crippen molar-refractivity contribution in [3.05, 3.63) is 125 Å². The van der Waals surface area contributed by atoms with Gasteiger partial charge in [0.05, 0.1) is 23.5 Å². The Kier molecular flexibility index (Phi) is 16.1. The molecule has 68 heavy (non-hydrogen) atoms. The molecular weight excluding hydrogens is 1030 g/mol. The normalized spacial score (nSPS) is 21.8. The van der Waals surface area contributed by atoms with Crippen molar-refractivity contribution in [1.82, 2.24) is 44.7 Å². The van der Waals surface area contributed by atoms with Crippen LogP contribution in [0.1, 0.15) is 95.9 Å². The van der Waals surface area contributed by atoms with Gasteiger partial charge in [0.15, 0.2) is 0 Å². The van der Waals surface area contributed by atoms with E-state index >= 15 is 0 Å². The second kappa shape index (κ2) is 22.2. The fourth-order valence-electron chi connectivity index (χ4n) is 11.2. The van der Waals surface area contributed by atoms with Crippen molar-refractivity contribution >= 4 is 72.9 Å². The molecule has 0 spiro atoms. The summed E-state index contributed by atoms with van der Waals surface area (Å²) in [4.78, 5) is 60.5. The van der Waals surface area contributed by atoms with Gasteiger partial charge in [0.25, 0.3) is 0 Å². The van der Waals surface area contributed by atoms with Gasteiger partial charge in [0.1, 0.15) is 0 Å². The topological polar surface area (TPSA) is 108 Å². The predicted octanol–water partition coefficient (Wildman–Crippen LogP) is 8.59. The molecule has 4 aliphatic heterocycles. The van der Waals surface area contributed by atoms with E-state index in [2.05, 4.69) is 95.3 Å². The van der Waals surface area contributed by atoms with Gasteiger partial charge in [-0.3, -0.25) is 29.4 Å². The van der Waals surface area contributed by atoms with E-state index in [1.807, 2.05) is 39.2 Å². The second-order valence-corrected chi connectivity index (χ2v) is 22.2. The fraction of sp³-hybridized carbons (Fsp3) is 0.519. The number of piperazine rings is 2. The highest BCUT2D eigenvalue weighted by Gasteiger charge is 2.36. The van der Waals surface area contributed by atoms with E-state index in [4.69, 9.17) is 33.2 Å². The summed E-state index contributed by atoms with van der Waals surface area (Å²) in [6.45, 7) is 11.5. The van der Waals surface area contributed by atoms with Crippen LogP contribution in [-0.2, 0) is 35.3 Å². The molecule has 10 rings (SSSR count). The minimum absolute atomic E-state index is 0.0704. The largest absolute Gasteiger partial charge is 0.343 e. The van der Waals surface area contributed by atoms with Crippen LogP contribution in [0.2, 0.25) is 10.0 Å². The van der Waals surface area contributed by atoms with Crippen LogP contribution in [0.3, 0.4) is 0 Å². The number of aromatic nitrogens is 2. The van der Waals surface area contributed by atoms with Crippen LogP contribution in [-0.4, -0.2) is 149 Å². The van der Waals surface area contributed by atoms with E-state index in [0.717, 1.165) is 160 Å². The number of likely N-dealkylation sites (tertiary alicyclic amines) is 2. The van der Waals surface area contributed by atoms with Gasteiger partial charge < -0.3 is 24.9 Å². The van der Waals surface area contributed by atoms with Crippen LogP contribution in [0.4, 0.5) is 4.79 Å². The molecule has 0 saturated carbocycles. The van der Waals surface area contributed by atoms with Crippen LogP contribution in [0.5, 0.6) is 0 Å². The molecule has 4 amide bonds. The summed E-state index contributed by atoms with van der Waals surface area (Å²) in [6.07, 6.45) is 12.1. The highest BCUT2D eigenvalue weighted by molar-refractivity contribution is 9.10. The maximum Gasteiger partial charge on any atom is 0.317 e. The third-order valence-corrected chi connectivity index (χ3v) is 16.5. The molecule has 6 heterocycles. The van der Waals surface area contributed by atoms with E-state index in [-0.39, 0.29) is 29.9 Å². The van der Waals surface area contributed by atoms with Crippen LogP contribution in [0.15, 0.2) is 69.9 Å². The average Bonchev–Trinajstić information content (AvgIpc) is 3.59. The van der Waals surface area contributed by atoms with Crippen LogP contribution in [0, 0.1) is 5.92 Å². The smallest absolute Gasteiger partial charge is 0.317 e. The fourth-order valence-corrected chi connectivity index (χ4v) is 12.4. The zero-order valence-electron chi connectivity index (χ0n) is 39.2. The number of piperidine rings is 2. The number of nitrogens with zero attached hydrogens (tertiary/aromatic N) is 8. The number of hydrogen-bond acceptors (Lipinski definition) is 8. The Morgan fingerprint density at radius 3 is 1.56 bits per heavy atom.